The van der Waals surface area contributed by atoms with Gasteiger partial charge in [0.1, 0.15) is 0 Å². The van der Waals surface area contributed by atoms with Crippen molar-refractivity contribution < 1.29 is 19.1 Å². The van der Waals surface area contributed by atoms with Crippen molar-refractivity contribution in [3.63, 3.8) is 0 Å². The maximum absolute atomic E-state index is 10.6. The third kappa shape index (κ3) is 4.49. The zero-order valence-electron chi connectivity index (χ0n) is 6.55. The molecule has 0 aromatic carbocycles. The lowest BCUT2D eigenvalue weighted by Gasteiger charge is -2.00. The predicted octanol–water partition coefficient (Wildman–Crippen LogP) is 0.915. The summed E-state index contributed by atoms with van der Waals surface area (Å²) in [6, 6.07) is 0. The fraction of sp³-hybridized carbons (Fsp3) is 0.500. The Morgan fingerprint density at radius 2 is 1.75 bits per heavy atom. The minimum absolute atomic E-state index is 0. The molecule has 0 rings (SSSR count). The van der Waals surface area contributed by atoms with Crippen molar-refractivity contribution in [2.75, 3.05) is 14.2 Å². The zero-order valence-corrected chi connectivity index (χ0v) is 6.55. The SMILES string of the molecule is C.C=C(CC(=O)OC)C(=O)OC. The fourth-order valence-corrected chi connectivity index (χ4v) is 0.463. The van der Waals surface area contributed by atoms with Gasteiger partial charge in [0.05, 0.1) is 20.6 Å². The van der Waals surface area contributed by atoms with E-state index < -0.39 is 11.9 Å². The molecule has 0 spiro atoms. The van der Waals surface area contributed by atoms with E-state index >= 15 is 0 Å². The first-order valence-corrected chi connectivity index (χ1v) is 2.94. The minimum Gasteiger partial charge on any atom is -0.469 e. The van der Waals surface area contributed by atoms with Gasteiger partial charge in [-0.1, -0.05) is 14.0 Å². The maximum atomic E-state index is 10.6. The van der Waals surface area contributed by atoms with Crippen LogP contribution in [0.5, 0.6) is 0 Å². The van der Waals surface area contributed by atoms with Gasteiger partial charge in [0.2, 0.25) is 0 Å². The lowest BCUT2D eigenvalue weighted by atomic mass is 10.2. The largest absolute Gasteiger partial charge is 0.469 e. The van der Waals surface area contributed by atoms with Gasteiger partial charge in [-0.05, 0) is 0 Å². The molecule has 0 saturated heterocycles. The highest BCUT2D eigenvalue weighted by molar-refractivity contribution is 5.93. The summed E-state index contributed by atoms with van der Waals surface area (Å²) in [5.41, 5.74) is 0.0966. The van der Waals surface area contributed by atoms with Gasteiger partial charge < -0.3 is 9.47 Å². The second-order valence-electron chi connectivity index (χ2n) is 1.85. The number of carbonyl (C=O) groups excluding carboxylic acids is 2. The van der Waals surface area contributed by atoms with Crippen LogP contribution in [-0.4, -0.2) is 26.2 Å². The Labute approximate surface area is 72.2 Å². The van der Waals surface area contributed by atoms with Crippen LogP contribution in [0.1, 0.15) is 13.8 Å². The smallest absolute Gasteiger partial charge is 0.333 e. The van der Waals surface area contributed by atoms with Crippen molar-refractivity contribution in [1.29, 1.82) is 0 Å². The van der Waals surface area contributed by atoms with E-state index in [1.807, 2.05) is 0 Å². The molecule has 4 nitrogen and oxygen atoms in total. The van der Waals surface area contributed by atoms with Gasteiger partial charge in [-0.15, -0.1) is 0 Å². The summed E-state index contributed by atoms with van der Waals surface area (Å²) >= 11 is 0. The fourth-order valence-electron chi connectivity index (χ4n) is 0.463. The van der Waals surface area contributed by atoms with E-state index in [2.05, 4.69) is 16.1 Å². The lowest BCUT2D eigenvalue weighted by Crippen LogP contribution is -2.09. The first-order valence-electron chi connectivity index (χ1n) is 2.94. The van der Waals surface area contributed by atoms with E-state index in [9.17, 15) is 9.59 Å². The van der Waals surface area contributed by atoms with Crippen LogP contribution in [0.25, 0.3) is 0 Å². The average Bonchev–Trinajstić information content (AvgIpc) is 2.02. The second kappa shape index (κ2) is 6.39. The molecule has 0 aliphatic carbocycles. The van der Waals surface area contributed by atoms with E-state index in [1.165, 1.54) is 14.2 Å². The molecule has 0 aliphatic rings. The van der Waals surface area contributed by atoms with Crippen molar-refractivity contribution in [1.82, 2.24) is 0 Å². The van der Waals surface area contributed by atoms with Gasteiger partial charge >= 0.3 is 11.9 Å². The molecular weight excluding hydrogens is 160 g/mol. The van der Waals surface area contributed by atoms with Crippen LogP contribution in [-0.2, 0) is 19.1 Å². The molecular formula is C8H14O4. The quantitative estimate of drug-likeness (QED) is 0.471. The number of hydrogen-bond acceptors (Lipinski definition) is 4. The Bertz CT molecular complexity index is 183. The van der Waals surface area contributed by atoms with Gasteiger partial charge in [-0.3, -0.25) is 4.79 Å². The summed E-state index contributed by atoms with van der Waals surface area (Å²) in [7, 11) is 2.47. The van der Waals surface area contributed by atoms with Gasteiger partial charge in [-0.2, -0.15) is 0 Å². The highest BCUT2D eigenvalue weighted by Crippen LogP contribution is 2.00. The highest BCUT2D eigenvalue weighted by atomic mass is 16.5. The zero-order chi connectivity index (χ0) is 8.85. The Hall–Kier alpha value is -1.32. The molecule has 70 valence electrons. The summed E-state index contributed by atoms with van der Waals surface area (Å²) in [5.74, 6) is -1.09. The summed E-state index contributed by atoms with van der Waals surface area (Å²) in [5, 5.41) is 0. The highest BCUT2D eigenvalue weighted by Gasteiger charge is 2.11. The van der Waals surface area contributed by atoms with Crippen molar-refractivity contribution in [3.05, 3.63) is 12.2 Å². The lowest BCUT2D eigenvalue weighted by molar-refractivity contribution is -0.143. The van der Waals surface area contributed by atoms with Crippen LogP contribution >= 0.6 is 0 Å². The first kappa shape index (κ1) is 13.3. The predicted molar refractivity (Wildman–Crippen MR) is 44.5 cm³/mol. The molecule has 0 aromatic heterocycles. The molecule has 0 radical (unpaired) electrons. The van der Waals surface area contributed by atoms with Crippen LogP contribution in [0, 0.1) is 0 Å². The van der Waals surface area contributed by atoms with Gasteiger partial charge in [-0.25, -0.2) is 4.79 Å². The van der Waals surface area contributed by atoms with Crippen LogP contribution in [0.4, 0.5) is 0 Å². The topological polar surface area (TPSA) is 52.6 Å². The van der Waals surface area contributed by atoms with E-state index in [1.54, 1.807) is 0 Å². The molecule has 0 saturated carbocycles. The number of ether oxygens (including phenoxy) is 2. The van der Waals surface area contributed by atoms with Crippen LogP contribution in [0.15, 0.2) is 12.2 Å². The number of carbonyl (C=O) groups is 2. The van der Waals surface area contributed by atoms with Crippen molar-refractivity contribution in [2.45, 2.75) is 13.8 Å². The number of hydrogen-bond donors (Lipinski definition) is 0. The molecule has 12 heavy (non-hydrogen) atoms. The van der Waals surface area contributed by atoms with Crippen molar-refractivity contribution >= 4 is 11.9 Å². The third-order valence-electron chi connectivity index (χ3n) is 1.06. The van der Waals surface area contributed by atoms with Crippen LogP contribution in [0.2, 0.25) is 0 Å². The van der Waals surface area contributed by atoms with Crippen LogP contribution in [0.3, 0.4) is 0 Å². The van der Waals surface area contributed by atoms with E-state index in [4.69, 9.17) is 0 Å². The number of methoxy groups -OCH3 is 2. The number of esters is 2. The van der Waals surface area contributed by atoms with Gasteiger partial charge in [0.15, 0.2) is 0 Å². The van der Waals surface area contributed by atoms with Gasteiger partial charge in [0, 0.05) is 5.57 Å². The second-order valence-corrected chi connectivity index (χ2v) is 1.85. The monoisotopic (exact) mass is 174 g/mol. The summed E-state index contributed by atoms with van der Waals surface area (Å²) in [4.78, 5) is 21.2. The van der Waals surface area contributed by atoms with Crippen molar-refractivity contribution in [2.24, 2.45) is 0 Å². The van der Waals surface area contributed by atoms with Crippen LogP contribution < -0.4 is 0 Å². The molecule has 0 amide bonds. The molecule has 0 fully saturated rings. The summed E-state index contributed by atoms with van der Waals surface area (Å²) in [6.07, 6.45) is -0.122. The summed E-state index contributed by atoms with van der Waals surface area (Å²) < 4.78 is 8.62. The van der Waals surface area contributed by atoms with Gasteiger partial charge in [0.25, 0.3) is 0 Å². The van der Waals surface area contributed by atoms with E-state index in [-0.39, 0.29) is 19.4 Å². The number of rotatable bonds is 3. The maximum Gasteiger partial charge on any atom is 0.333 e. The molecule has 4 heteroatoms. The Morgan fingerprint density at radius 3 is 2.08 bits per heavy atom. The molecule has 0 N–H and O–H groups in total. The molecule has 0 heterocycles. The Kier molecular flexibility index (Phi) is 7.08. The van der Waals surface area contributed by atoms with E-state index in [0.29, 0.717) is 0 Å². The Morgan fingerprint density at radius 1 is 1.25 bits per heavy atom. The molecule has 0 aromatic rings. The Balaban J connectivity index is 0. The third-order valence-corrected chi connectivity index (χ3v) is 1.06. The normalized spacial score (nSPS) is 7.83. The standard InChI is InChI=1S/C7H10O4.CH4/c1-5(7(9)11-3)4-6(8)10-2;/h1,4H2,2-3H3;1H4. The minimum atomic E-state index is -0.588. The molecule has 0 bridgehead atoms. The molecule has 0 aliphatic heterocycles. The van der Waals surface area contributed by atoms with Crippen molar-refractivity contribution in [3.8, 4) is 0 Å². The van der Waals surface area contributed by atoms with E-state index in [0.717, 1.165) is 0 Å². The molecule has 0 atom stereocenters. The molecule has 0 unspecified atom stereocenters. The first-order chi connectivity index (χ1) is 5.11. The average molecular weight is 174 g/mol. The summed E-state index contributed by atoms with van der Waals surface area (Å²) in [6.45, 7) is 3.34.